The topological polar surface area (TPSA) is 81.4 Å². The van der Waals surface area contributed by atoms with Crippen LogP contribution in [0.4, 0.5) is 0 Å². The van der Waals surface area contributed by atoms with Crippen molar-refractivity contribution in [2.45, 2.75) is 20.0 Å². The normalized spacial score (nSPS) is 12.7. The molecule has 0 aliphatic carbocycles. The quantitative estimate of drug-likeness (QED) is 0.894. The fourth-order valence-corrected chi connectivity index (χ4v) is 2.32. The van der Waals surface area contributed by atoms with Crippen molar-refractivity contribution in [2.75, 3.05) is 13.7 Å². The Hall–Kier alpha value is -2.70. The van der Waals surface area contributed by atoms with Crippen LogP contribution in [0.25, 0.3) is 0 Å². The molecular formula is C15H17N5O2. The highest BCUT2D eigenvalue weighted by Gasteiger charge is 2.18. The van der Waals surface area contributed by atoms with Crippen LogP contribution < -0.4 is 10.1 Å². The molecule has 3 rings (SSSR count). The fourth-order valence-electron chi connectivity index (χ4n) is 2.32. The summed E-state index contributed by atoms with van der Waals surface area (Å²) in [6.07, 6.45) is 1.63. The van der Waals surface area contributed by atoms with Crippen LogP contribution in [0.2, 0.25) is 0 Å². The lowest BCUT2D eigenvalue weighted by molar-refractivity contribution is 0.0954. The number of aryl methyl sites for hydroxylation is 1. The minimum Gasteiger partial charge on any atom is -0.497 e. The average Bonchev–Trinajstić information content (AvgIpc) is 3.18. The SMILES string of the molecule is CCn1cc(C(=O)NCC2=NCc3ccc(OC)cc32)nn1. The molecule has 0 saturated heterocycles. The summed E-state index contributed by atoms with van der Waals surface area (Å²) in [4.78, 5) is 16.5. The number of methoxy groups -OCH3 is 1. The van der Waals surface area contributed by atoms with E-state index >= 15 is 0 Å². The van der Waals surface area contributed by atoms with Crippen molar-refractivity contribution in [1.29, 1.82) is 0 Å². The number of carbonyl (C=O) groups is 1. The number of carbonyl (C=O) groups excluding carboxylic acids is 1. The minimum atomic E-state index is -0.251. The summed E-state index contributed by atoms with van der Waals surface area (Å²) in [6, 6.07) is 5.86. The van der Waals surface area contributed by atoms with Crippen LogP contribution >= 0.6 is 0 Å². The van der Waals surface area contributed by atoms with E-state index in [1.165, 1.54) is 0 Å². The Balaban J connectivity index is 1.67. The van der Waals surface area contributed by atoms with Gasteiger partial charge in [-0.25, -0.2) is 0 Å². The number of nitrogens with zero attached hydrogens (tertiary/aromatic N) is 4. The molecule has 0 spiro atoms. The van der Waals surface area contributed by atoms with Crippen LogP contribution in [0, 0.1) is 0 Å². The molecule has 0 radical (unpaired) electrons. The van der Waals surface area contributed by atoms with Crippen molar-refractivity contribution >= 4 is 11.6 Å². The summed E-state index contributed by atoms with van der Waals surface area (Å²) in [5.74, 6) is 0.532. The minimum absolute atomic E-state index is 0.251. The van der Waals surface area contributed by atoms with Crippen LogP contribution in [-0.4, -0.2) is 40.3 Å². The van der Waals surface area contributed by atoms with Gasteiger partial charge in [0.15, 0.2) is 5.69 Å². The van der Waals surface area contributed by atoms with Gasteiger partial charge in [0.1, 0.15) is 5.75 Å². The van der Waals surface area contributed by atoms with E-state index in [-0.39, 0.29) is 5.91 Å². The summed E-state index contributed by atoms with van der Waals surface area (Å²) in [5.41, 5.74) is 3.33. The maximum absolute atomic E-state index is 12.1. The largest absolute Gasteiger partial charge is 0.497 e. The van der Waals surface area contributed by atoms with E-state index in [4.69, 9.17) is 4.74 Å². The molecule has 2 aromatic rings. The third-order valence-corrected chi connectivity index (χ3v) is 3.58. The Bertz CT molecular complexity index is 735. The maximum atomic E-state index is 12.1. The molecule has 1 aliphatic heterocycles. The van der Waals surface area contributed by atoms with Crippen molar-refractivity contribution < 1.29 is 9.53 Å². The summed E-state index contributed by atoms with van der Waals surface area (Å²) in [6.45, 7) is 3.61. The zero-order valence-corrected chi connectivity index (χ0v) is 12.5. The molecule has 0 atom stereocenters. The Morgan fingerprint density at radius 3 is 3.05 bits per heavy atom. The summed E-state index contributed by atoms with van der Waals surface area (Å²) >= 11 is 0. The standard InChI is InChI=1S/C15H17N5O2/c1-3-20-9-14(18-19-20)15(21)17-8-13-12-6-11(22-2)5-4-10(12)7-16-13/h4-6,9H,3,7-8H2,1-2H3,(H,17,21). The van der Waals surface area contributed by atoms with Crippen molar-refractivity contribution in [3.05, 3.63) is 41.2 Å². The molecule has 1 amide bonds. The van der Waals surface area contributed by atoms with Gasteiger partial charge in [0.05, 0.1) is 32.1 Å². The smallest absolute Gasteiger partial charge is 0.273 e. The Morgan fingerprint density at radius 1 is 1.45 bits per heavy atom. The second-order valence-corrected chi connectivity index (χ2v) is 4.93. The van der Waals surface area contributed by atoms with E-state index in [9.17, 15) is 4.79 Å². The predicted octanol–water partition coefficient (Wildman–Crippen LogP) is 1.04. The number of aliphatic imine (C=N–C) groups is 1. The van der Waals surface area contributed by atoms with Crippen LogP contribution in [0.15, 0.2) is 29.4 Å². The number of benzene rings is 1. The summed E-state index contributed by atoms with van der Waals surface area (Å²) < 4.78 is 6.85. The van der Waals surface area contributed by atoms with Gasteiger partial charge in [0.25, 0.3) is 5.91 Å². The number of nitrogens with one attached hydrogen (secondary N) is 1. The van der Waals surface area contributed by atoms with Gasteiger partial charge in [-0.1, -0.05) is 11.3 Å². The maximum Gasteiger partial charge on any atom is 0.273 e. The first-order valence-electron chi connectivity index (χ1n) is 7.10. The van der Waals surface area contributed by atoms with Crippen molar-refractivity contribution in [3.63, 3.8) is 0 Å². The van der Waals surface area contributed by atoms with Crippen molar-refractivity contribution in [1.82, 2.24) is 20.3 Å². The molecule has 114 valence electrons. The molecule has 1 aromatic carbocycles. The number of fused-ring (bicyclic) bond motifs is 1. The van der Waals surface area contributed by atoms with E-state index in [0.29, 0.717) is 25.3 Å². The molecule has 1 aliphatic rings. The highest BCUT2D eigenvalue weighted by atomic mass is 16.5. The number of aromatic nitrogens is 3. The van der Waals surface area contributed by atoms with Crippen LogP contribution in [0.5, 0.6) is 5.75 Å². The molecule has 0 saturated carbocycles. The number of hydrogen-bond acceptors (Lipinski definition) is 5. The van der Waals surface area contributed by atoms with E-state index in [1.807, 2.05) is 25.1 Å². The van der Waals surface area contributed by atoms with E-state index in [2.05, 4.69) is 20.6 Å². The zero-order chi connectivity index (χ0) is 15.5. The van der Waals surface area contributed by atoms with Gasteiger partial charge in [-0.2, -0.15) is 0 Å². The zero-order valence-electron chi connectivity index (χ0n) is 12.5. The van der Waals surface area contributed by atoms with Gasteiger partial charge in [-0.05, 0) is 24.6 Å². The first kappa shape index (κ1) is 14.2. The van der Waals surface area contributed by atoms with Gasteiger partial charge < -0.3 is 10.1 Å². The number of hydrogen-bond donors (Lipinski definition) is 1. The Labute approximate surface area is 128 Å². The number of rotatable bonds is 5. The Kier molecular flexibility index (Phi) is 3.86. The molecule has 1 N–H and O–H groups in total. The monoisotopic (exact) mass is 299 g/mol. The van der Waals surface area contributed by atoms with E-state index in [0.717, 1.165) is 22.6 Å². The van der Waals surface area contributed by atoms with Crippen molar-refractivity contribution in [2.24, 2.45) is 4.99 Å². The lowest BCUT2D eigenvalue weighted by Crippen LogP contribution is -2.29. The average molecular weight is 299 g/mol. The number of ether oxygens (including phenoxy) is 1. The van der Waals surface area contributed by atoms with Gasteiger partial charge in [0, 0.05) is 12.1 Å². The second-order valence-electron chi connectivity index (χ2n) is 4.93. The van der Waals surface area contributed by atoms with E-state index < -0.39 is 0 Å². The molecule has 7 heteroatoms. The van der Waals surface area contributed by atoms with Crippen LogP contribution in [0.3, 0.4) is 0 Å². The molecule has 0 unspecified atom stereocenters. The molecule has 1 aromatic heterocycles. The first-order chi connectivity index (χ1) is 10.7. The Morgan fingerprint density at radius 2 is 2.32 bits per heavy atom. The van der Waals surface area contributed by atoms with Crippen LogP contribution in [0.1, 0.15) is 28.5 Å². The summed E-state index contributed by atoms with van der Waals surface area (Å²) in [5, 5.41) is 10.5. The van der Waals surface area contributed by atoms with Crippen LogP contribution in [-0.2, 0) is 13.1 Å². The highest BCUT2D eigenvalue weighted by molar-refractivity contribution is 6.07. The lowest BCUT2D eigenvalue weighted by atomic mass is 10.1. The number of amides is 1. The van der Waals surface area contributed by atoms with Gasteiger partial charge >= 0.3 is 0 Å². The van der Waals surface area contributed by atoms with Gasteiger partial charge in [0.2, 0.25) is 0 Å². The fraction of sp³-hybridized carbons (Fsp3) is 0.333. The van der Waals surface area contributed by atoms with Crippen molar-refractivity contribution in [3.8, 4) is 5.75 Å². The third-order valence-electron chi connectivity index (χ3n) is 3.58. The lowest BCUT2D eigenvalue weighted by Gasteiger charge is -2.07. The third kappa shape index (κ3) is 2.69. The molecule has 0 bridgehead atoms. The highest BCUT2D eigenvalue weighted by Crippen LogP contribution is 2.23. The molecule has 2 heterocycles. The predicted molar refractivity (Wildman–Crippen MR) is 81.3 cm³/mol. The molecule has 7 nitrogen and oxygen atoms in total. The second kappa shape index (κ2) is 5.97. The van der Waals surface area contributed by atoms with Gasteiger partial charge in [-0.15, -0.1) is 5.10 Å². The van der Waals surface area contributed by atoms with Gasteiger partial charge in [-0.3, -0.25) is 14.5 Å². The van der Waals surface area contributed by atoms with E-state index in [1.54, 1.807) is 18.0 Å². The summed E-state index contributed by atoms with van der Waals surface area (Å²) in [7, 11) is 1.63. The molecule has 22 heavy (non-hydrogen) atoms. The molecular weight excluding hydrogens is 282 g/mol. The molecule has 0 fully saturated rings. The first-order valence-corrected chi connectivity index (χ1v) is 7.10.